The molecule has 0 radical (unpaired) electrons. The number of pyridine rings is 1. The van der Waals surface area contributed by atoms with Crippen LogP contribution in [0.3, 0.4) is 0 Å². The maximum atomic E-state index is 12.9. The van der Waals surface area contributed by atoms with Gasteiger partial charge < -0.3 is 4.90 Å². The molecule has 6 nitrogen and oxygen atoms in total. The average molecular weight is 321 g/mol. The van der Waals surface area contributed by atoms with Crippen LogP contribution >= 0.6 is 0 Å². The summed E-state index contributed by atoms with van der Waals surface area (Å²) in [5.74, 6) is 0.524. The average Bonchev–Trinajstić information content (AvgIpc) is 3.14. The number of fused-ring (bicyclic) bond motifs is 1. The first-order valence-corrected chi connectivity index (χ1v) is 8.28. The molecule has 0 spiro atoms. The highest BCUT2D eigenvalue weighted by Crippen LogP contribution is 2.21. The van der Waals surface area contributed by atoms with Crippen LogP contribution in [0.4, 0.5) is 0 Å². The lowest BCUT2D eigenvalue weighted by Crippen LogP contribution is -2.41. The molecule has 1 aliphatic rings. The van der Waals surface area contributed by atoms with Crippen molar-refractivity contribution in [3.8, 4) is 0 Å². The molecule has 0 saturated carbocycles. The molecule has 1 atom stereocenters. The van der Waals surface area contributed by atoms with E-state index in [4.69, 9.17) is 0 Å². The molecule has 0 N–H and O–H groups in total. The van der Waals surface area contributed by atoms with Crippen molar-refractivity contribution >= 4 is 16.8 Å². The number of rotatable bonds is 3. The number of benzene rings is 1. The number of likely N-dealkylation sites (tertiary alicyclic amines) is 1. The second-order valence-corrected chi connectivity index (χ2v) is 6.30. The van der Waals surface area contributed by atoms with Crippen LogP contribution < -0.4 is 0 Å². The van der Waals surface area contributed by atoms with E-state index in [-0.39, 0.29) is 5.91 Å². The van der Waals surface area contributed by atoms with Crippen LogP contribution in [0.15, 0.2) is 48.9 Å². The predicted molar refractivity (Wildman–Crippen MR) is 90.4 cm³/mol. The number of aromatic nitrogens is 4. The summed E-state index contributed by atoms with van der Waals surface area (Å²) in [6, 6.07) is 9.61. The Balaban J connectivity index is 1.50. The molecule has 0 bridgehead atoms. The first kappa shape index (κ1) is 14.8. The first-order valence-electron chi connectivity index (χ1n) is 8.28. The van der Waals surface area contributed by atoms with Crippen molar-refractivity contribution in [2.24, 2.45) is 5.92 Å². The van der Waals surface area contributed by atoms with Crippen molar-refractivity contribution in [3.05, 3.63) is 54.5 Å². The van der Waals surface area contributed by atoms with Crippen LogP contribution in [0.5, 0.6) is 0 Å². The third-order valence-corrected chi connectivity index (χ3v) is 4.57. The maximum Gasteiger partial charge on any atom is 0.253 e. The normalized spacial score (nSPS) is 18.0. The van der Waals surface area contributed by atoms with Gasteiger partial charge in [-0.15, -0.1) is 5.10 Å². The van der Waals surface area contributed by atoms with Crippen molar-refractivity contribution in [1.29, 1.82) is 0 Å². The molecule has 0 aliphatic carbocycles. The van der Waals surface area contributed by atoms with Gasteiger partial charge in [-0.05, 0) is 43.0 Å². The zero-order chi connectivity index (χ0) is 16.4. The van der Waals surface area contributed by atoms with Crippen LogP contribution in [0.1, 0.15) is 23.2 Å². The fourth-order valence-electron chi connectivity index (χ4n) is 3.38. The second-order valence-electron chi connectivity index (χ2n) is 6.30. The fraction of sp³-hybridized carbons (Fsp3) is 0.333. The van der Waals surface area contributed by atoms with Crippen LogP contribution in [-0.4, -0.2) is 43.9 Å². The molecule has 24 heavy (non-hydrogen) atoms. The van der Waals surface area contributed by atoms with Gasteiger partial charge in [0.05, 0.1) is 11.7 Å². The number of hydrogen-bond acceptors (Lipinski definition) is 4. The van der Waals surface area contributed by atoms with E-state index in [1.807, 2.05) is 46.1 Å². The van der Waals surface area contributed by atoms with Gasteiger partial charge >= 0.3 is 0 Å². The Kier molecular flexibility index (Phi) is 3.94. The standard InChI is InChI=1S/C18H19N5O/c24-18(16-5-6-17-15(11-16)4-1-7-19-17)22-9-2-3-14(12-22)13-23-10-8-20-21-23/h1,4-8,10-11,14H,2-3,9,12-13H2. The lowest BCUT2D eigenvalue weighted by atomic mass is 9.97. The molecular weight excluding hydrogens is 302 g/mol. The van der Waals surface area contributed by atoms with Crippen LogP contribution in [0.2, 0.25) is 0 Å². The molecule has 1 saturated heterocycles. The van der Waals surface area contributed by atoms with Gasteiger partial charge in [-0.25, -0.2) is 0 Å². The third-order valence-electron chi connectivity index (χ3n) is 4.57. The summed E-state index contributed by atoms with van der Waals surface area (Å²) in [7, 11) is 0. The third kappa shape index (κ3) is 2.99. The Labute approximate surface area is 140 Å². The van der Waals surface area contributed by atoms with Gasteiger partial charge in [0.1, 0.15) is 0 Å². The van der Waals surface area contributed by atoms with Crippen molar-refractivity contribution < 1.29 is 4.79 Å². The second kappa shape index (κ2) is 6.39. The quantitative estimate of drug-likeness (QED) is 0.743. The van der Waals surface area contributed by atoms with Crippen LogP contribution in [-0.2, 0) is 6.54 Å². The molecule has 4 rings (SSSR count). The molecule has 2 aromatic heterocycles. The predicted octanol–water partition coefficient (Wildman–Crippen LogP) is 2.38. The molecule has 1 unspecified atom stereocenters. The lowest BCUT2D eigenvalue weighted by molar-refractivity contribution is 0.0659. The summed E-state index contributed by atoms with van der Waals surface area (Å²) < 4.78 is 1.85. The fourth-order valence-corrected chi connectivity index (χ4v) is 3.38. The van der Waals surface area contributed by atoms with E-state index in [9.17, 15) is 4.79 Å². The number of carbonyl (C=O) groups excluding carboxylic acids is 1. The minimum Gasteiger partial charge on any atom is -0.338 e. The Morgan fingerprint density at radius 1 is 1.25 bits per heavy atom. The molecule has 1 amide bonds. The molecular formula is C18H19N5O. The summed E-state index contributed by atoms with van der Waals surface area (Å²) in [5, 5.41) is 8.87. The number of piperidine rings is 1. The smallest absolute Gasteiger partial charge is 0.253 e. The zero-order valence-corrected chi connectivity index (χ0v) is 13.4. The molecule has 1 fully saturated rings. The maximum absolute atomic E-state index is 12.9. The first-order chi connectivity index (χ1) is 11.8. The van der Waals surface area contributed by atoms with Gasteiger partial charge in [0.15, 0.2) is 0 Å². The highest BCUT2D eigenvalue weighted by atomic mass is 16.2. The van der Waals surface area contributed by atoms with E-state index in [0.29, 0.717) is 5.92 Å². The van der Waals surface area contributed by atoms with Crippen molar-refractivity contribution in [2.75, 3.05) is 13.1 Å². The minimum absolute atomic E-state index is 0.101. The molecule has 3 heterocycles. The van der Waals surface area contributed by atoms with Gasteiger partial charge in [-0.1, -0.05) is 11.3 Å². The lowest BCUT2D eigenvalue weighted by Gasteiger charge is -2.32. The summed E-state index contributed by atoms with van der Waals surface area (Å²) in [6.45, 7) is 2.40. The van der Waals surface area contributed by atoms with Crippen molar-refractivity contribution in [3.63, 3.8) is 0 Å². The van der Waals surface area contributed by atoms with E-state index in [1.54, 1.807) is 12.4 Å². The molecule has 1 aliphatic heterocycles. The number of nitrogens with zero attached hydrogens (tertiary/aromatic N) is 5. The van der Waals surface area contributed by atoms with E-state index in [2.05, 4.69) is 15.3 Å². The summed E-state index contributed by atoms with van der Waals surface area (Å²) in [6.07, 6.45) is 7.47. The van der Waals surface area contributed by atoms with E-state index < -0.39 is 0 Å². The van der Waals surface area contributed by atoms with Gasteiger partial charge in [0.25, 0.3) is 5.91 Å². The van der Waals surface area contributed by atoms with Gasteiger partial charge in [0.2, 0.25) is 0 Å². The summed E-state index contributed by atoms with van der Waals surface area (Å²) in [4.78, 5) is 19.1. The zero-order valence-electron chi connectivity index (χ0n) is 13.4. The van der Waals surface area contributed by atoms with Crippen molar-refractivity contribution in [1.82, 2.24) is 24.9 Å². The Morgan fingerprint density at radius 3 is 3.08 bits per heavy atom. The molecule has 1 aromatic carbocycles. The van der Waals surface area contributed by atoms with E-state index in [1.165, 1.54) is 0 Å². The topological polar surface area (TPSA) is 63.9 Å². The van der Waals surface area contributed by atoms with E-state index >= 15 is 0 Å². The van der Waals surface area contributed by atoms with Gasteiger partial charge in [-0.2, -0.15) is 0 Å². The highest BCUT2D eigenvalue weighted by molar-refractivity contribution is 5.98. The van der Waals surface area contributed by atoms with Crippen LogP contribution in [0, 0.1) is 5.92 Å². The molecule has 6 heteroatoms. The summed E-state index contributed by atoms with van der Waals surface area (Å²) in [5.41, 5.74) is 1.65. The largest absolute Gasteiger partial charge is 0.338 e. The number of amides is 1. The Bertz CT molecular complexity index is 846. The summed E-state index contributed by atoms with van der Waals surface area (Å²) >= 11 is 0. The van der Waals surface area contributed by atoms with E-state index in [0.717, 1.165) is 48.9 Å². The Morgan fingerprint density at radius 2 is 2.21 bits per heavy atom. The number of hydrogen-bond donors (Lipinski definition) is 0. The Hall–Kier alpha value is -2.76. The van der Waals surface area contributed by atoms with Gasteiger partial charge in [-0.3, -0.25) is 14.5 Å². The molecule has 3 aromatic rings. The van der Waals surface area contributed by atoms with Gasteiger partial charge in [0, 0.05) is 43.0 Å². The highest BCUT2D eigenvalue weighted by Gasteiger charge is 2.25. The monoisotopic (exact) mass is 321 g/mol. The number of carbonyl (C=O) groups is 1. The van der Waals surface area contributed by atoms with Crippen molar-refractivity contribution in [2.45, 2.75) is 19.4 Å². The molecule has 122 valence electrons. The van der Waals surface area contributed by atoms with Crippen LogP contribution in [0.25, 0.3) is 10.9 Å². The SMILES string of the molecule is O=C(c1ccc2ncccc2c1)N1CCCC(Cn2ccnn2)C1. The minimum atomic E-state index is 0.101.